The average Bonchev–Trinajstić information content (AvgIpc) is 2.43. The molecule has 1 nitrogen and oxygen atoms in total. The van der Waals surface area contributed by atoms with Crippen LogP contribution in [0, 0.1) is 0 Å². The van der Waals surface area contributed by atoms with E-state index in [1.807, 2.05) is 25.1 Å². The maximum atomic E-state index is 12.0. The second-order valence-electron chi connectivity index (χ2n) is 4.70. The lowest BCUT2D eigenvalue weighted by Crippen LogP contribution is -2.03. The van der Waals surface area contributed by atoms with Crippen LogP contribution in [-0.2, 0) is 6.42 Å². The highest BCUT2D eigenvalue weighted by Crippen LogP contribution is 2.15. The number of hydrogen-bond donors (Lipinski definition) is 0. The van der Waals surface area contributed by atoms with E-state index in [2.05, 4.69) is 26.5 Å². The summed E-state index contributed by atoms with van der Waals surface area (Å²) < 4.78 is 0. The van der Waals surface area contributed by atoms with E-state index in [9.17, 15) is 4.79 Å². The fourth-order valence-corrected chi connectivity index (χ4v) is 1.85. The summed E-state index contributed by atoms with van der Waals surface area (Å²) in [6.07, 6.45) is 7.91. The van der Waals surface area contributed by atoms with Gasteiger partial charge in [-0.2, -0.15) is 0 Å². The lowest BCUT2D eigenvalue weighted by atomic mass is 9.97. The Balaban J connectivity index is 0.000000982. The van der Waals surface area contributed by atoms with Gasteiger partial charge in [-0.3, -0.25) is 4.79 Å². The summed E-state index contributed by atoms with van der Waals surface area (Å²) >= 11 is 0. The Hall–Kier alpha value is -1.37. The molecule has 0 aromatic heterocycles. The van der Waals surface area contributed by atoms with Gasteiger partial charge in [0.25, 0.3) is 0 Å². The molecule has 0 spiro atoms. The Morgan fingerprint density at radius 3 is 2.32 bits per heavy atom. The predicted octanol–water partition coefficient (Wildman–Crippen LogP) is 5.59. The first-order valence-corrected chi connectivity index (χ1v) is 7.39. The van der Waals surface area contributed by atoms with Crippen molar-refractivity contribution in [1.82, 2.24) is 0 Å². The van der Waals surface area contributed by atoms with Crippen LogP contribution in [0.15, 0.2) is 36.9 Å². The molecule has 0 aliphatic rings. The Kier molecular flexibility index (Phi) is 10.9. The first kappa shape index (κ1) is 17.6. The van der Waals surface area contributed by atoms with Crippen LogP contribution < -0.4 is 0 Å². The number of unbranched alkanes of at least 4 members (excludes halogenated alkanes) is 2. The summed E-state index contributed by atoms with van der Waals surface area (Å²) in [4.78, 5) is 12.0. The van der Waals surface area contributed by atoms with E-state index in [4.69, 9.17) is 0 Å². The van der Waals surface area contributed by atoms with E-state index in [-0.39, 0.29) is 0 Å². The highest BCUT2D eigenvalue weighted by atomic mass is 16.1. The number of hydrogen-bond acceptors (Lipinski definition) is 1. The van der Waals surface area contributed by atoms with Crippen molar-refractivity contribution in [2.24, 2.45) is 0 Å². The van der Waals surface area contributed by atoms with Gasteiger partial charge in [-0.15, -0.1) is 6.58 Å². The second-order valence-corrected chi connectivity index (χ2v) is 4.70. The molecule has 1 aromatic rings. The molecular formula is C18H28O. The molecule has 0 fully saturated rings. The topological polar surface area (TPSA) is 17.1 Å². The summed E-state index contributed by atoms with van der Waals surface area (Å²) in [5, 5.41) is 0. The Labute approximate surface area is 118 Å². The highest BCUT2D eigenvalue weighted by Gasteiger charge is 2.09. The average molecular weight is 260 g/mol. The third-order valence-electron chi connectivity index (χ3n) is 2.87. The number of Topliss-reactive ketones (excluding diaryl/α,β-unsaturated/α-hetero) is 1. The number of ketones is 1. The van der Waals surface area contributed by atoms with Crippen LogP contribution in [-0.4, -0.2) is 5.78 Å². The van der Waals surface area contributed by atoms with Crippen molar-refractivity contribution in [2.45, 2.75) is 59.3 Å². The van der Waals surface area contributed by atoms with Gasteiger partial charge in [0.1, 0.15) is 0 Å². The van der Waals surface area contributed by atoms with Crippen LogP contribution >= 0.6 is 0 Å². The summed E-state index contributed by atoms with van der Waals surface area (Å²) in [6.45, 7) is 9.55. The van der Waals surface area contributed by atoms with Gasteiger partial charge in [0, 0.05) is 12.0 Å². The fraction of sp³-hybridized carbons (Fsp3) is 0.500. The predicted molar refractivity (Wildman–Crippen MR) is 84.8 cm³/mol. The van der Waals surface area contributed by atoms with Crippen molar-refractivity contribution in [1.29, 1.82) is 0 Å². The molecule has 1 rings (SSSR count). The zero-order valence-electron chi connectivity index (χ0n) is 12.7. The minimum atomic E-state index is 0.313. The number of allylic oxidation sites excluding steroid dienone is 1. The van der Waals surface area contributed by atoms with Crippen LogP contribution in [0.4, 0.5) is 0 Å². The van der Waals surface area contributed by atoms with Gasteiger partial charge in [-0.25, -0.2) is 0 Å². The number of aryl methyl sites for hydroxylation is 1. The highest BCUT2D eigenvalue weighted by molar-refractivity contribution is 5.97. The molecule has 1 aromatic carbocycles. The lowest BCUT2D eigenvalue weighted by molar-refractivity contribution is 0.0979. The molecule has 0 atom stereocenters. The van der Waals surface area contributed by atoms with E-state index >= 15 is 0 Å². The molecule has 0 aliphatic carbocycles. The largest absolute Gasteiger partial charge is 0.294 e. The summed E-state index contributed by atoms with van der Waals surface area (Å²) in [6, 6.07) is 8.06. The molecule has 0 radical (unpaired) electrons. The minimum Gasteiger partial charge on any atom is -0.294 e. The van der Waals surface area contributed by atoms with Crippen LogP contribution in [0.25, 0.3) is 0 Å². The zero-order valence-corrected chi connectivity index (χ0v) is 12.7. The van der Waals surface area contributed by atoms with Crippen LogP contribution in [0.1, 0.15) is 68.8 Å². The van der Waals surface area contributed by atoms with Crippen molar-refractivity contribution in [2.75, 3.05) is 0 Å². The number of benzene rings is 1. The third kappa shape index (κ3) is 7.61. The molecule has 0 saturated carbocycles. The monoisotopic (exact) mass is 260 g/mol. The van der Waals surface area contributed by atoms with E-state index < -0.39 is 0 Å². The molecule has 106 valence electrons. The maximum Gasteiger partial charge on any atom is 0.163 e. The molecule has 0 unspecified atom stereocenters. The van der Waals surface area contributed by atoms with Crippen molar-refractivity contribution in [3.8, 4) is 0 Å². The lowest BCUT2D eigenvalue weighted by Gasteiger charge is -2.07. The van der Waals surface area contributed by atoms with Crippen LogP contribution in [0.3, 0.4) is 0 Å². The third-order valence-corrected chi connectivity index (χ3v) is 2.87. The number of carbonyl (C=O) groups excluding carboxylic acids is 1. The molecule has 0 N–H and O–H groups in total. The molecule has 0 heterocycles. The van der Waals surface area contributed by atoms with Gasteiger partial charge in [-0.1, -0.05) is 57.0 Å². The van der Waals surface area contributed by atoms with Crippen molar-refractivity contribution < 1.29 is 4.79 Å². The Bertz CT molecular complexity index is 366. The number of rotatable bonds is 7. The molecular weight excluding hydrogens is 232 g/mol. The van der Waals surface area contributed by atoms with E-state index in [0.717, 1.165) is 31.2 Å². The Morgan fingerprint density at radius 2 is 1.74 bits per heavy atom. The quantitative estimate of drug-likeness (QED) is 0.461. The van der Waals surface area contributed by atoms with Gasteiger partial charge >= 0.3 is 0 Å². The second kappa shape index (κ2) is 11.7. The van der Waals surface area contributed by atoms with E-state index in [1.165, 1.54) is 12.0 Å². The van der Waals surface area contributed by atoms with Gasteiger partial charge in [0.05, 0.1) is 0 Å². The van der Waals surface area contributed by atoms with E-state index in [1.54, 1.807) is 6.08 Å². The minimum absolute atomic E-state index is 0.313. The Morgan fingerprint density at radius 1 is 1.16 bits per heavy atom. The van der Waals surface area contributed by atoms with Gasteiger partial charge in [0.2, 0.25) is 0 Å². The van der Waals surface area contributed by atoms with Crippen LogP contribution in [0.5, 0.6) is 0 Å². The van der Waals surface area contributed by atoms with Gasteiger partial charge < -0.3 is 0 Å². The van der Waals surface area contributed by atoms with Crippen molar-refractivity contribution >= 4 is 5.78 Å². The first-order chi connectivity index (χ1) is 9.21. The fourth-order valence-electron chi connectivity index (χ4n) is 1.85. The maximum absolute atomic E-state index is 12.0. The molecule has 0 aliphatic heterocycles. The zero-order chi connectivity index (χ0) is 14.5. The van der Waals surface area contributed by atoms with Gasteiger partial charge in [-0.05, 0) is 31.7 Å². The van der Waals surface area contributed by atoms with Gasteiger partial charge in [0.15, 0.2) is 5.78 Å². The van der Waals surface area contributed by atoms with E-state index in [0.29, 0.717) is 12.2 Å². The molecule has 19 heavy (non-hydrogen) atoms. The first-order valence-electron chi connectivity index (χ1n) is 7.39. The molecule has 0 amide bonds. The number of carbonyl (C=O) groups is 1. The smallest absolute Gasteiger partial charge is 0.163 e. The van der Waals surface area contributed by atoms with Crippen molar-refractivity contribution in [3.63, 3.8) is 0 Å². The SMILES string of the molecule is C=CC.CCCCC(=O)c1ccccc1CCCC. The summed E-state index contributed by atoms with van der Waals surface area (Å²) in [5.41, 5.74) is 2.18. The van der Waals surface area contributed by atoms with Crippen LogP contribution in [0.2, 0.25) is 0 Å². The summed E-state index contributed by atoms with van der Waals surface area (Å²) in [7, 11) is 0. The standard InChI is InChI=1S/C15H22O.C3H6/c1-3-5-9-13-10-7-8-11-14(13)15(16)12-6-4-2;1-3-2/h7-8,10-11H,3-6,9,12H2,1-2H3;3H,1H2,2H3. The van der Waals surface area contributed by atoms with Crippen molar-refractivity contribution in [3.05, 3.63) is 48.0 Å². The molecule has 0 bridgehead atoms. The molecule has 0 saturated heterocycles. The molecule has 1 heteroatoms. The summed E-state index contributed by atoms with van der Waals surface area (Å²) in [5.74, 6) is 0.313. The normalized spacial score (nSPS) is 9.42.